The van der Waals surface area contributed by atoms with Crippen LogP contribution in [0.2, 0.25) is 0 Å². The number of hydrogen-bond donors (Lipinski definition) is 0. The molecule has 1 heterocycles. The van der Waals surface area contributed by atoms with Crippen molar-refractivity contribution in [2.75, 3.05) is 17.3 Å². The third-order valence-electron chi connectivity index (χ3n) is 2.58. The zero-order valence-electron chi connectivity index (χ0n) is 8.69. The van der Waals surface area contributed by atoms with E-state index in [0.29, 0.717) is 24.3 Å². The van der Waals surface area contributed by atoms with Gasteiger partial charge in [0.15, 0.2) is 5.82 Å². The second-order valence-corrected chi connectivity index (χ2v) is 4.16. The first-order valence-corrected chi connectivity index (χ1v) is 5.61. The maximum Gasteiger partial charge on any atom is 0.293 e. The first-order chi connectivity index (χ1) is 7.24. The first kappa shape index (κ1) is 10.5. The molecule has 1 aliphatic carbocycles. The molecule has 0 spiro atoms. The van der Waals surface area contributed by atoms with Gasteiger partial charge in [-0.1, -0.05) is 0 Å². The number of aromatic nitrogens is 2. The highest BCUT2D eigenvalue weighted by atomic mass is 35.5. The van der Waals surface area contributed by atoms with Gasteiger partial charge >= 0.3 is 0 Å². The largest absolute Gasteiger partial charge is 0.348 e. The highest BCUT2D eigenvalue weighted by Gasteiger charge is 2.31. The van der Waals surface area contributed by atoms with Gasteiger partial charge in [0.25, 0.3) is 5.56 Å². The molecule has 2 rings (SSSR count). The average molecular weight is 228 g/mol. The number of hydrogen-bond acceptors (Lipinski definition) is 3. The number of alkyl halides is 1. The lowest BCUT2D eigenvalue weighted by Crippen LogP contribution is -2.35. The van der Waals surface area contributed by atoms with Gasteiger partial charge in [-0.05, 0) is 12.8 Å². The zero-order chi connectivity index (χ0) is 10.8. The summed E-state index contributed by atoms with van der Waals surface area (Å²) in [7, 11) is 1.74. The van der Waals surface area contributed by atoms with Crippen molar-refractivity contribution in [2.24, 2.45) is 7.05 Å². The lowest BCUT2D eigenvalue weighted by atomic mass is 10.4. The summed E-state index contributed by atoms with van der Waals surface area (Å²) in [4.78, 5) is 18.0. The second kappa shape index (κ2) is 4.23. The molecule has 1 aromatic rings. The van der Waals surface area contributed by atoms with Crippen molar-refractivity contribution < 1.29 is 0 Å². The minimum absolute atomic E-state index is 0.0467. The van der Waals surface area contributed by atoms with Crippen LogP contribution in [0.15, 0.2) is 17.2 Å². The molecule has 0 aliphatic heterocycles. The van der Waals surface area contributed by atoms with Crippen LogP contribution in [0.3, 0.4) is 0 Å². The maximum atomic E-state index is 11.8. The zero-order valence-corrected chi connectivity index (χ0v) is 9.44. The quantitative estimate of drug-likeness (QED) is 0.720. The summed E-state index contributed by atoms with van der Waals surface area (Å²) >= 11 is 5.73. The van der Waals surface area contributed by atoms with E-state index in [4.69, 9.17) is 11.6 Å². The SMILES string of the molecule is Cn1ccnc(N(CCCl)C2CC2)c1=O. The minimum Gasteiger partial charge on any atom is -0.348 e. The molecule has 1 fully saturated rings. The Hall–Kier alpha value is -1.03. The predicted molar refractivity (Wildman–Crippen MR) is 60.6 cm³/mol. The Balaban J connectivity index is 2.32. The highest BCUT2D eigenvalue weighted by Crippen LogP contribution is 2.28. The van der Waals surface area contributed by atoms with Crippen molar-refractivity contribution in [1.82, 2.24) is 9.55 Å². The number of nitrogens with zero attached hydrogens (tertiary/aromatic N) is 3. The molecule has 0 unspecified atom stereocenters. The van der Waals surface area contributed by atoms with Crippen LogP contribution < -0.4 is 10.5 Å². The maximum absolute atomic E-state index is 11.8. The first-order valence-electron chi connectivity index (χ1n) is 5.08. The van der Waals surface area contributed by atoms with Crippen LogP contribution in [0.1, 0.15) is 12.8 Å². The van der Waals surface area contributed by atoms with Crippen molar-refractivity contribution in [3.63, 3.8) is 0 Å². The molecule has 4 nitrogen and oxygen atoms in total. The van der Waals surface area contributed by atoms with Crippen LogP contribution in [0.5, 0.6) is 0 Å². The van der Waals surface area contributed by atoms with E-state index in [1.54, 1.807) is 24.0 Å². The Bertz CT molecular complexity index is 400. The van der Waals surface area contributed by atoms with Gasteiger partial charge in [0.1, 0.15) is 0 Å². The van der Waals surface area contributed by atoms with Crippen molar-refractivity contribution >= 4 is 17.4 Å². The van der Waals surface area contributed by atoms with Gasteiger partial charge in [0, 0.05) is 37.9 Å². The number of halogens is 1. The molecule has 0 N–H and O–H groups in total. The van der Waals surface area contributed by atoms with Gasteiger partial charge in [-0.2, -0.15) is 0 Å². The minimum atomic E-state index is -0.0467. The van der Waals surface area contributed by atoms with Gasteiger partial charge in [0.05, 0.1) is 0 Å². The third-order valence-corrected chi connectivity index (χ3v) is 2.75. The van der Waals surface area contributed by atoms with Crippen LogP contribution in [0, 0.1) is 0 Å². The molecular weight excluding hydrogens is 214 g/mol. The summed E-state index contributed by atoms with van der Waals surface area (Å²) in [5.74, 6) is 1.05. The summed E-state index contributed by atoms with van der Waals surface area (Å²) in [6, 6.07) is 0.464. The molecule has 0 atom stereocenters. The monoisotopic (exact) mass is 227 g/mol. The van der Waals surface area contributed by atoms with E-state index < -0.39 is 0 Å². The molecule has 0 amide bonds. The Morgan fingerprint density at radius 2 is 2.40 bits per heavy atom. The van der Waals surface area contributed by atoms with Crippen molar-refractivity contribution in [3.8, 4) is 0 Å². The fourth-order valence-corrected chi connectivity index (χ4v) is 1.80. The Labute approximate surface area is 93.5 Å². The van der Waals surface area contributed by atoms with Crippen LogP contribution >= 0.6 is 11.6 Å². The summed E-state index contributed by atoms with van der Waals surface area (Å²) in [5, 5.41) is 0. The van der Waals surface area contributed by atoms with Gasteiger partial charge < -0.3 is 9.47 Å². The Kier molecular flexibility index (Phi) is 2.95. The molecule has 1 aliphatic rings. The average Bonchev–Trinajstić information content (AvgIpc) is 3.03. The van der Waals surface area contributed by atoms with E-state index >= 15 is 0 Å². The van der Waals surface area contributed by atoms with Crippen LogP contribution in [-0.4, -0.2) is 28.0 Å². The standard InChI is InChI=1S/C10H14ClN3O/c1-13-7-5-12-9(10(13)15)14(6-4-11)8-2-3-8/h5,7-8H,2-4,6H2,1H3. The van der Waals surface area contributed by atoms with E-state index in [0.717, 1.165) is 12.8 Å². The number of anilines is 1. The molecule has 0 radical (unpaired) electrons. The molecule has 1 aromatic heterocycles. The third kappa shape index (κ3) is 2.15. The van der Waals surface area contributed by atoms with Crippen molar-refractivity contribution in [3.05, 3.63) is 22.7 Å². The van der Waals surface area contributed by atoms with Crippen molar-refractivity contribution in [1.29, 1.82) is 0 Å². The van der Waals surface area contributed by atoms with Gasteiger partial charge in [-0.25, -0.2) is 4.98 Å². The number of rotatable bonds is 4. The molecule has 5 heteroatoms. The molecule has 0 aromatic carbocycles. The van der Waals surface area contributed by atoms with Crippen LogP contribution in [0.4, 0.5) is 5.82 Å². The summed E-state index contributed by atoms with van der Waals surface area (Å²) in [6.07, 6.45) is 5.59. The highest BCUT2D eigenvalue weighted by molar-refractivity contribution is 6.18. The molecule has 15 heavy (non-hydrogen) atoms. The van der Waals surface area contributed by atoms with Gasteiger partial charge in [-0.15, -0.1) is 11.6 Å². The molecule has 0 saturated heterocycles. The van der Waals surface area contributed by atoms with E-state index in [1.165, 1.54) is 0 Å². The van der Waals surface area contributed by atoms with Crippen LogP contribution in [-0.2, 0) is 7.05 Å². The van der Waals surface area contributed by atoms with Gasteiger partial charge in [-0.3, -0.25) is 4.79 Å². The molecule has 1 saturated carbocycles. The van der Waals surface area contributed by atoms with E-state index in [9.17, 15) is 4.79 Å². The molecular formula is C10H14ClN3O. The van der Waals surface area contributed by atoms with Crippen molar-refractivity contribution in [2.45, 2.75) is 18.9 Å². The van der Waals surface area contributed by atoms with E-state index in [2.05, 4.69) is 4.98 Å². The fourth-order valence-electron chi connectivity index (χ4n) is 1.62. The topological polar surface area (TPSA) is 38.1 Å². The lowest BCUT2D eigenvalue weighted by Gasteiger charge is -2.21. The number of aryl methyl sites for hydroxylation is 1. The lowest BCUT2D eigenvalue weighted by molar-refractivity contribution is 0.764. The fraction of sp³-hybridized carbons (Fsp3) is 0.600. The van der Waals surface area contributed by atoms with E-state index in [1.807, 2.05) is 4.90 Å². The predicted octanol–water partition coefficient (Wildman–Crippen LogP) is 0.988. The van der Waals surface area contributed by atoms with E-state index in [-0.39, 0.29) is 5.56 Å². The molecule has 0 bridgehead atoms. The smallest absolute Gasteiger partial charge is 0.293 e. The molecule has 82 valence electrons. The Morgan fingerprint density at radius 3 is 3.00 bits per heavy atom. The Morgan fingerprint density at radius 1 is 1.67 bits per heavy atom. The van der Waals surface area contributed by atoms with Crippen LogP contribution in [0.25, 0.3) is 0 Å². The van der Waals surface area contributed by atoms with Gasteiger partial charge in [0.2, 0.25) is 0 Å². The summed E-state index contributed by atoms with van der Waals surface area (Å²) < 4.78 is 1.55. The summed E-state index contributed by atoms with van der Waals surface area (Å²) in [6.45, 7) is 0.693. The summed E-state index contributed by atoms with van der Waals surface area (Å²) in [5.41, 5.74) is -0.0467. The second-order valence-electron chi connectivity index (χ2n) is 3.78. The normalized spacial score (nSPS) is 15.3.